The molecule has 0 unspecified atom stereocenters. The van der Waals surface area contributed by atoms with Crippen LogP contribution in [-0.2, 0) is 12.6 Å². The predicted octanol–water partition coefficient (Wildman–Crippen LogP) is 5.54. The van der Waals surface area contributed by atoms with E-state index in [1.807, 2.05) is 31.2 Å². The molecule has 7 heteroatoms. The highest BCUT2D eigenvalue weighted by atomic mass is 19.4. The molecule has 1 heterocycles. The molecule has 1 fully saturated rings. The standard InChI is InChI=1S/C20H24F3N3O/c1-3-14-9-11-15(12-10-14)26(4-2)19-24-13-17(20(21,22)23)18(25-19)27-16-7-5-6-8-16/h9-13,16H,3-8H2,1-2H3. The van der Waals surface area contributed by atoms with Crippen molar-refractivity contribution in [1.82, 2.24) is 9.97 Å². The van der Waals surface area contributed by atoms with Crippen LogP contribution in [0.5, 0.6) is 5.88 Å². The maximum absolute atomic E-state index is 13.4. The Labute approximate surface area is 157 Å². The monoisotopic (exact) mass is 379 g/mol. The molecule has 2 aromatic rings. The fraction of sp³-hybridized carbons (Fsp3) is 0.500. The average Bonchev–Trinajstić information content (AvgIpc) is 3.15. The number of halogens is 3. The van der Waals surface area contributed by atoms with E-state index in [1.165, 1.54) is 5.56 Å². The minimum atomic E-state index is -4.55. The fourth-order valence-corrected chi connectivity index (χ4v) is 3.29. The smallest absolute Gasteiger partial charge is 0.423 e. The summed E-state index contributed by atoms with van der Waals surface area (Å²) in [4.78, 5) is 9.93. The number of benzene rings is 1. The number of alkyl halides is 3. The van der Waals surface area contributed by atoms with Crippen molar-refractivity contribution >= 4 is 11.6 Å². The Morgan fingerprint density at radius 2 is 1.78 bits per heavy atom. The quantitative estimate of drug-likeness (QED) is 0.661. The zero-order valence-electron chi connectivity index (χ0n) is 15.6. The molecule has 0 radical (unpaired) electrons. The predicted molar refractivity (Wildman–Crippen MR) is 98.4 cm³/mol. The van der Waals surface area contributed by atoms with Crippen LogP contribution in [0, 0.1) is 0 Å². The van der Waals surface area contributed by atoms with Gasteiger partial charge in [0, 0.05) is 18.4 Å². The zero-order chi connectivity index (χ0) is 19.4. The summed E-state index contributed by atoms with van der Waals surface area (Å²) in [6, 6.07) is 7.86. The zero-order valence-corrected chi connectivity index (χ0v) is 15.6. The third-order valence-electron chi connectivity index (χ3n) is 4.84. The molecule has 0 bridgehead atoms. The van der Waals surface area contributed by atoms with E-state index < -0.39 is 11.7 Å². The van der Waals surface area contributed by atoms with Crippen molar-refractivity contribution in [2.24, 2.45) is 0 Å². The van der Waals surface area contributed by atoms with Gasteiger partial charge in [-0.05, 0) is 56.7 Å². The number of ether oxygens (including phenoxy) is 1. The van der Waals surface area contributed by atoms with Crippen molar-refractivity contribution in [3.63, 3.8) is 0 Å². The molecular weight excluding hydrogens is 355 g/mol. The van der Waals surface area contributed by atoms with E-state index in [1.54, 1.807) is 4.90 Å². The highest BCUT2D eigenvalue weighted by Crippen LogP contribution is 2.37. The van der Waals surface area contributed by atoms with Crippen LogP contribution in [-0.4, -0.2) is 22.6 Å². The van der Waals surface area contributed by atoms with Gasteiger partial charge >= 0.3 is 6.18 Å². The Hall–Kier alpha value is -2.31. The molecule has 0 aliphatic heterocycles. The lowest BCUT2D eigenvalue weighted by atomic mass is 10.1. The second kappa shape index (κ2) is 8.15. The van der Waals surface area contributed by atoms with Crippen LogP contribution in [0.3, 0.4) is 0 Å². The fourth-order valence-electron chi connectivity index (χ4n) is 3.29. The second-order valence-corrected chi connectivity index (χ2v) is 6.68. The molecule has 0 spiro atoms. The maximum Gasteiger partial charge on any atom is 0.423 e. The minimum Gasteiger partial charge on any atom is -0.474 e. The molecule has 27 heavy (non-hydrogen) atoms. The lowest BCUT2D eigenvalue weighted by Gasteiger charge is -2.23. The summed E-state index contributed by atoms with van der Waals surface area (Å²) in [5.74, 6) is -0.161. The van der Waals surface area contributed by atoms with Crippen molar-refractivity contribution in [2.75, 3.05) is 11.4 Å². The Kier molecular flexibility index (Phi) is 5.87. The summed E-state index contributed by atoms with van der Waals surface area (Å²) >= 11 is 0. The normalized spacial score (nSPS) is 15.1. The Morgan fingerprint density at radius 3 is 2.33 bits per heavy atom. The molecular formula is C20H24F3N3O. The van der Waals surface area contributed by atoms with Crippen LogP contribution >= 0.6 is 0 Å². The minimum absolute atomic E-state index is 0.211. The van der Waals surface area contributed by atoms with Gasteiger partial charge in [-0.15, -0.1) is 0 Å². The van der Waals surface area contributed by atoms with Gasteiger partial charge in [-0.2, -0.15) is 18.2 Å². The molecule has 0 N–H and O–H groups in total. The van der Waals surface area contributed by atoms with Crippen molar-refractivity contribution in [3.05, 3.63) is 41.6 Å². The number of aryl methyl sites for hydroxylation is 1. The molecule has 0 saturated heterocycles. The highest BCUT2D eigenvalue weighted by molar-refractivity contribution is 5.58. The molecule has 1 aromatic heterocycles. The van der Waals surface area contributed by atoms with Crippen LogP contribution in [0.1, 0.15) is 50.7 Å². The highest BCUT2D eigenvalue weighted by Gasteiger charge is 2.37. The van der Waals surface area contributed by atoms with E-state index in [0.29, 0.717) is 6.54 Å². The van der Waals surface area contributed by atoms with Crippen LogP contribution in [0.4, 0.5) is 24.8 Å². The molecule has 3 rings (SSSR count). The van der Waals surface area contributed by atoms with Crippen LogP contribution in [0.15, 0.2) is 30.5 Å². The largest absolute Gasteiger partial charge is 0.474 e. The topological polar surface area (TPSA) is 38.2 Å². The first-order valence-corrected chi connectivity index (χ1v) is 9.39. The number of nitrogens with zero attached hydrogens (tertiary/aromatic N) is 3. The molecule has 0 amide bonds. The number of aromatic nitrogens is 2. The van der Waals surface area contributed by atoms with Gasteiger partial charge in [0.05, 0.1) is 0 Å². The van der Waals surface area contributed by atoms with Gasteiger partial charge in [0.15, 0.2) is 0 Å². The van der Waals surface area contributed by atoms with E-state index in [0.717, 1.165) is 44.0 Å². The lowest BCUT2D eigenvalue weighted by molar-refractivity contribution is -0.139. The summed E-state index contributed by atoms with van der Waals surface area (Å²) in [7, 11) is 0. The van der Waals surface area contributed by atoms with Gasteiger partial charge < -0.3 is 9.64 Å². The lowest BCUT2D eigenvalue weighted by Crippen LogP contribution is -2.22. The number of hydrogen-bond donors (Lipinski definition) is 0. The number of rotatable bonds is 6. The van der Waals surface area contributed by atoms with E-state index in [4.69, 9.17) is 4.74 Å². The van der Waals surface area contributed by atoms with Gasteiger partial charge in [0.1, 0.15) is 11.7 Å². The third kappa shape index (κ3) is 4.51. The Bertz CT molecular complexity index is 756. The summed E-state index contributed by atoms with van der Waals surface area (Å²) in [5, 5.41) is 0. The Balaban J connectivity index is 1.95. The van der Waals surface area contributed by atoms with Gasteiger partial charge in [-0.3, -0.25) is 0 Å². The van der Waals surface area contributed by atoms with Gasteiger partial charge in [-0.1, -0.05) is 19.1 Å². The molecule has 1 aliphatic rings. The first-order chi connectivity index (χ1) is 12.9. The first-order valence-electron chi connectivity index (χ1n) is 9.39. The van der Waals surface area contributed by atoms with Crippen molar-refractivity contribution in [1.29, 1.82) is 0 Å². The van der Waals surface area contributed by atoms with E-state index in [9.17, 15) is 13.2 Å². The van der Waals surface area contributed by atoms with Crippen LogP contribution in [0.2, 0.25) is 0 Å². The maximum atomic E-state index is 13.4. The molecule has 4 nitrogen and oxygen atoms in total. The summed E-state index contributed by atoms with van der Waals surface area (Å²) in [6.45, 7) is 4.50. The summed E-state index contributed by atoms with van der Waals surface area (Å²) in [5.41, 5.74) is 1.10. The van der Waals surface area contributed by atoms with Crippen LogP contribution < -0.4 is 9.64 Å². The third-order valence-corrected chi connectivity index (χ3v) is 4.84. The van der Waals surface area contributed by atoms with Crippen molar-refractivity contribution in [2.45, 2.75) is 58.2 Å². The average molecular weight is 379 g/mol. The molecule has 1 saturated carbocycles. The molecule has 1 aromatic carbocycles. The van der Waals surface area contributed by atoms with Gasteiger partial charge in [0.25, 0.3) is 0 Å². The molecule has 1 aliphatic carbocycles. The van der Waals surface area contributed by atoms with Gasteiger partial charge in [-0.25, -0.2) is 4.98 Å². The first kappa shape index (κ1) is 19.5. The number of hydrogen-bond acceptors (Lipinski definition) is 4. The second-order valence-electron chi connectivity index (χ2n) is 6.68. The van der Waals surface area contributed by atoms with Gasteiger partial charge in [0.2, 0.25) is 11.8 Å². The SMILES string of the molecule is CCc1ccc(N(CC)c2ncc(C(F)(F)F)c(OC3CCCC3)n2)cc1. The number of anilines is 2. The molecule has 0 atom stereocenters. The van der Waals surface area contributed by atoms with Crippen molar-refractivity contribution < 1.29 is 17.9 Å². The molecule has 146 valence electrons. The van der Waals surface area contributed by atoms with E-state index in [-0.39, 0.29) is 17.9 Å². The summed E-state index contributed by atoms with van der Waals surface area (Å²) in [6.07, 6.45) is 0.431. The van der Waals surface area contributed by atoms with Crippen molar-refractivity contribution in [3.8, 4) is 5.88 Å². The Morgan fingerprint density at radius 1 is 1.11 bits per heavy atom. The van der Waals surface area contributed by atoms with E-state index >= 15 is 0 Å². The van der Waals surface area contributed by atoms with Crippen LogP contribution in [0.25, 0.3) is 0 Å². The summed E-state index contributed by atoms with van der Waals surface area (Å²) < 4.78 is 45.8. The van der Waals surface area contributed by atoms with E-state index in [2.05, 4.69) is 16.9 Å².